The van der Waals surface area contributed by atoms with E-state index >= 15 is 0 Å². The van der Waals surface area contributed by atoms with Gasteiger partial charge in [0.25, 0.3) is 0 Å². The Labute approximate surface area is 132 Å². The van der Waals surface area contributed by atoms with Gasteiger partial charge in [-0.25, -0.2) is 0 Å². The Morgan fingerprint density at radius 2 is 1.70 bits per heavy atom. The van der Waals surface area contributed by atoms with E-state index in [0.29, 0.717) is 11.4 Å². The van der Waals surface area contributed by atoms with Crippen LogP contribution in [0.25, 0.3) is 0 Å². The van der Waals surface area contributed by atoms with Crippen molar-refractivity contribution in [3.63, 3.8) is 0 Å². The van der Waals surface area contributed by atoms with E-state index in [2.05, 4.69) is 5.32 Å². The van der Waals surface area contributed by atoms with Crippen LogP contribution in [0, 0.1) is 0 Å². The van der Waals surface area contributed by atoms with Gasteiger partial charge in [0.2, 0.25) is 5.91 Å². The van der Waals surface area contributed by atoms with Gasteiger partial charge >= 0.3 is 6.98 Å². The molecule has 2 aromatic carbocycles. The number of nitrogens with one attached hydrogen (secondary N) is 1. The molecule has 1 N–H and O–H groups in total. The maximum atomic E-state index is 13.3. The molecule has 1 amide bonds. The molecule has 3 nitrogen and oxygen atoms in total. The van der Waals surface area contributed by atoms with Crippen molar-refractivity contribution in [2.45, 2.75) is 12.2 Å². The fourth-order valence-corrected chi connectivity index (χ4v) is 2.26. The van der Waals surface area contributed by atoms with E-state index in [1.54, 1.807) is 30.3 Å². The minimum atomic E-state index is -5.17. The second-order valence-electron chi connectivity index (χ2n) is 5.12. The zero-order chi connectivity index (χ0) is 16.9. The lowest BCUT2D eigenvalue weighted by Gasteiger charge is -2.26. The van der Waals surface area contributed by atoms with E-state index < -0.39 is 25.1 Å². The van der Waals surface area contributed by atoms with Crippen LogP contribution in [0.4, 0.5) is 18.6 Å². The van der Waals surface area contributed by atoms with Gasteiger partial charge in [-0.05, 0) is 30.1 Å². The van der Waals surface area contributed by atoms with Gasteiger partial charge < -0.3 is 23.0 Å². The summed E-state index contributed by atoms with van der Waals surface area (Å²) < 4.78 is 44.8. The number of carbonyl (C=O) groups excluding carboxylic acids is 1. The predicted molar refractivity (Wildman–Crippen MR) is 84.5 cm³/mol. The molecule has 0 fully saturated rings. The average Bonchev–Trinajstić information content (AvgIpc) is 2.53. The maximum Gasteiger partial charge on any atom is 0.486 e. The molecule has 1 atom stereocenters. The minimum Gasteiger partial charge on any atom is -0.497 e. The summed E-state index contributed by atoms with van der Waals surface area (Å²) in [6, 6.07) is 13.9. The van der Waals surface area contributed by atoms with Crippen molar-refractivity contribution in [1.29, 1.82) is 0 Å². The normalized spacial score (nSPS) is 12.5. The number of amides is 1. The molecule has 0 saturated heterocycles. The molecule has 0 heterocycles. The Morgan fingerprint density at radius 1 is 1.09 bits per heavy atom. The minimum absolute atomic E-state index is 0.102. The van der Waals surface area contributed by atoms with Gasteiger partial charge in [0.15, 0.2) is 0 Å². The summed E-state index contributed by atoms with van der Waals surface area (Å²) >= 11 is 0. The molecule has 0 aliphatic carbocycles. The first-order valence-electron chi connectivity index (χ1n) is 7.09. The largest absolute Gasteiger partial charge is 0.497 e. The van der Waals surface area contributed by atoms with E-state index in [4.69, 9.17) is 4.74 Å². The van der Waals surface area contributed by atoms with Crippen LogP contribution in [0.2, 0.25) is 0 Å². The fourth-order valence-electron chi connectivity index (χ4n) is 2.26. The van der Waals surface area contributed by atoms with E-state index in [0.717, 1.165) is 0 Å². The van der Waals surface area contributed by atoms with Gasteiger partial charge in [-0.2, -0.15) is 0 Å². The number of rotatable bonds is 6. The van der Waals surface area contributed by atoms with Gasteiger partial charge in [-0.3, -0.25) is 4.79 Å². The molecule has 0 spiro atoms. The lowest BCUT2D eigenvalue weighted by molar-refractivity contribution is -0.116. The summed E-state index contributed by atoms with van der Waals surface area (Å²) in [7, 11) is 1.50. The number of methoxy groups -OCH3 is 1. The molecule has 0 aliphatic heterocycles. The predicted octanol–water partition coefficient (Wildman–Crippen LogP) is 4.19. The Balaban J connectivity index is 2.08. The molecular weight excluding hydrogens is 306 g/mol. The monoisotopic (exact) mass is 322 g/mol. The molecule has 23 heavy (non-hydrogen) atoms. The van der Waals surface area contributed by atoms with E-state index in [1.165, 1.54) is 31.4 Å². The van der Waals surface area contributed by atoms with Crippen LogP contribution >= 0.6 is 0 Å². The first-order chi connectivity index (χ1) is 10.9. The second kappa shape index (κ2) is 7.22. The van der Waals surface area contributed by atoms with Crippen LogP contribution in [0.5, 0.6) is 5.75 Å². The Hall–Kier alpha value is -2.44. The highest BCUT2D eigenvalue weighted by molar-refractivity contribution is 6.60. The van der Waals surface area contributed by atoms with Crippen molar-refractivity contribution in [1.82, 2.24) is 0 Å². The van der Waals surface area contributed by atoms with Gasteiger partial charge in [0.1, 0.15) is 5.75 Å². The Kier molecular flexibility index (Phi) is 5.31. The molecule has 7 heteroatoms. The molecule has 0 radical (unpaired) electrons. The number of carbonyl (C=O) groups is 1. The van der Waals surface area contributed by atoms with Gasteiger partial charge in [-0.1, -0.05) is 35.9 Å². The van der Waals surface area contributed by atoms with Crippen LogP contribution in [-0.4, -0.2) is 20.0 Å². The summed E-state index contributed by atoms with van der Waals surface area (Å²) in [5.74, 6) is -1.85. The first-order valence-corrected chi connectivity index (χ1v) is 7.09. The van der Waals surface area contributed by atoms with Crippen molar-refractivity contribution in [2.24, 2.45) is 0 Å². The third kappa shape index (κ3) is 4.77. The fraction of sp³-hybridized carbons (Fsp3) is 0.188. The molecule has 2 rings (SSSR count). The molecule has 0 bridgehead atoms. The number of halogens is 3. The Bertz CT molecular complexity index is 645. The van der Waals surface area contributed by atoms with Crippen molar-refractivity contribution in [3.05, 3.63) is 60.2 Å². The Morgan fingerprint density at radius 3 is 2.22 bits per heavy atom. The van der Waals surface area contributed by atoms with Gasteiger partial charge in [0, 0.05) is 12.1 Å². The molecule has 2 aromatic rings. The maximum absolute atomic E-state index is 13.3. The third-order valence-corrected chi connectivity index (χ3v) is 3.46. The van der Waals surface area contributed by atoms with Crippen molar-refractivity contribution in [2.75, 3.05) is 12.4 Å². The van der Waals surface area contributed by atoms with Gasteiger partial charge in [0.05, 0.1) is 7.11 Å². The number of ether oxygens (including phenoxy) is 1. The summed E-state index contributed by atoms with van der Waals surface area (Å²) in [6.45, 7) is -5.17. The summed E-state index contributed by atoms with van der Waals surface area (Å²) in [5.41, 5.74) is 0.530. The number of anilines is 1. The van der Waals surface area contributed by atoms with Gasteiger partial charge in [-0.15, -0.1) is 0 Å². The zero-order valence-corrected chi connectivity index (χ0v) is 12.5. The smallest absolute Gasteiger partial charge is 0.486 e. The van der Waals surface area contributed by atoms with Crippen molar-refractivity contribution in [3.8, 4) is 5.75 Å². The van der Waals surface area contributed by atoms with Crippen LogP contribution < -0.4 is 10.1 Å². The SMILES string of the molecule is COc1ccc(NC(=O)C[C@H](c2ccccc2)[B-](F)(F)F)cc1. The highest BCUT2D eigenvalue weighted by atomic mass is 19.4. The molecule has 0 aromatic heterocycles. The molecule has 0 aliphatic rings. The zero-order valence-electron chi connectivity index (χ0n) is 12.5. The summed E-state index contributed by atoms with van der Waals surface area (Å²) in [5, 5.41) is 2.48. The number of hydrogen-bond acceptors (Lipinski definition) is 2. The molecule has 0 saturated carbocycles. The van der Waals surface area contributed by atoms with Crippen LogP contribution in [0.3, 0.4) is 0 Å². The van der Waals surface area contributed by atoms with Crippen molar-refractivity contribution < 1.29 is 22.5 Å². The number of benzene rings is 2. The average molecular weight is 322 g/mol. The van der Waals surface area contributed by atoms with E-state index in [9.17, 15) is 17.7 Å². The quantitative estimate of drug-likeness (QED) is 0.810. The van der Waals surface area contributed by atoms with E-state index in [-0.39, 0.29) is 5.56 Å². The van der Waals surface area contributed by atoms with Crippen LogP contribution in [0.1, 0.15) is 17.8 Å². The second-order valence-corrected chi connectivity index (χ2v) is 5.12. The topological polar surface area (TPSA) is 38.3 Å². The van der Waals surface area contributed by atoms with Crippen LogP contribution in [0.15, 0.2) is 54.6 Å². The van der Waals surface area contributed by atoms with E-state index in [1.807, 2.05) is 0 Å². The molecular formula is C16H16BF3NO2-. The standard InChI is InChI=1S/C16H16BF3NO2/c1-23-14-9-7-13(8-10-14)21-16(22)11-15(17(18,19)20)12-5-3-2-4-6-12/h2-10,15H,11H2,1H3,(H,21,22)/q-1/t15-/m1/s1. The lowest BCUT2D eigenvalue weighted by atomic mass is 9.66. The first kappa shape index (κ1) is 16.9. The van der Waals surface area contributed by atoms with Crippen LogP contribution in [-0.2, 0) is 4.79 Å². The molecule has 0 unspecified atom stereocenters. The number of hydrogen-bond donors (Lipinski definition) is 1. The highest BCUT2D eigenvalue weighted by Gasteiger charge is 2.37. The third-order valence-electron chi connectivity index (χ3n) is 3.46. The summed E-state index contributed by atoms with van der Waals surface area (Å²) in [6.07, 6.45) is -0.639. The highest BCUT2D eigenvalue weighted by Crippen LogP contribution is 2.33. The lowest BCUT2D eigenvalue weighted by Crippen LogP contribution is -2.31. The summed E-state index contributed by atoms with van der Waals surface area (Å²) in [4.78, 5) is 12.0. The molecule has 122 valence electrons. The van der Waals surface area contributed by atoms with Crippen molar-refractivity contribution >= 4 is 18.6 Å².